The minimum absolute atomic E-state index is 0.295. The summed E-state index contributed by atoms with van der Waals surface area (Å²) in [5.74, 6) is 0.344. The van der Waals surface area contributed by atoms with Crippen LogP contribution in [0.1, 0.15) is 9.75 Å². The summed E-state index contributed by atoms with van der Waals surface area (Å²) in [5, 5.41) is 3.99. The minimum atomic E-state index is -0.295. The fourth-order valence-electron chi connectivity index (χ4n) is 1.62. The van der Waals surface area contributed by atoms with Crippen molar-refractivity contribution in [1.29, 1.82) is 0 Å². The van der Waals surface area contributed by atoms with Crippen LogP contribution in [0.15, 0.2) is 46.9 Å². The molecule has 1 aliphatic rings. The lowest BCUT2D eigenvalue weighted by Crippen LogP contribution is -1.90. The van der Waals surface area contributed by atoms with Crippen molar-refractivity contribution in [3.8, 4) is 0 Å². The largest absolute Gasteiger partial charge is 0.423 e. The molecule has 3 heterocycles. The molecule has 0 saturated carbocycles. The molecular formula is C13H8O2S2. The van der Waals surface area contributed by atoms with E-state index in [1.54, 1.807) is 28.7 Å². The number of hydrogen-bond donors (Lipinski definition) is 0. The van der Waals surface area contributed by atoms with Gasteiger partial charge in [-0.1, -0.05) is 12.1 Å². The zero-order chi connectivity index (χ0) is 11.7. The van der Waals surface area contributed by atoms with Crippen LogP contribution < -0.4 is 0 Å². The Hall–Kier alpha value is -1.65. The van der Waals surface area contributed by atoms with Gasteiger partial charge in [-0.3, -0.25) is 0 Å². The van der Waals surface area contributed by atoms with Crippen molar-refractivity contribution in [3.05, 3.63) is 56.6 Å². The van der Waals surface area contributed by atoms with Crippen LogP contribution in [0.5, 0.6) is 0 Å². The summed E-state index contributed by atoms with van der Waals surface area (Å²) in [5.41, 5.74) is 0.874. The van der Waals surface area contributed by atoms with Gasteiger partial charge in [0.1, 0.15) is 5.76 Å². The second kappa shape index (κ2) is 4.31. The van der Waals surface area contributed by atoms with Crippen LogP contribution in [0.25, 0.3) is 11.6 Å². The van der Waals surface area contributed by atoms with Crippen molar-refractivity contribution in [2.75, 3.05) is 0 Å². The third kappa shape index (κ3) is 2.09. The van der Waals surface area contributed by atoms with Gasteiger partial charge in [0.25, 0.3) is 0 Å². The summed E-state index contributed by atoms with van der Waals surface area (Å²) in [6.45, 7) is 0. The van der Waals surface area contributed by atoms with Crippen molar-refractivity contribution in [3.63, 3.8) is 0 Å². The highest BCUT2D eigenvalue weighted by Crippen LogP contribution is 2.33. The van der Waals surface area contributed by atoms with Crippen LogP contribution in [-0.4, -0.2) is 5.97 Å². The molecule has 0 unspecified atom stereocenters. The number of cyclic esters (lactones) is 1. The minimum Gasteiger partial charge on any atom is -0.423 e. The van der Waals surface area contributed by atoms with Crippen molar-refractivity contribution in [1.82, 2.24) is 0 Å². The third-order valence-corrected chi connectivity index (χ3v) is 4.06. The van der Waals surface area contributed by atoms with E-state index < -0.39 is 0 Å². The first-order chi connectivity index (χ1) is 8.33. The van der Waals surface area contributed by atoms with E-state index in [1.807, 2.05) is 41.1 Å². The van der Waals surface area contributed by atoms with E-state index in [1.165, 1.54) is 0 Å². The Balaban J connectivity index is 2.01. The summed E-state index contributed by atoms with van der Waals surface area (Å²) in [6, 6.07) is 7.92. The average Bonchev–Trinajstić information content (AvgIpc) is 3.00. The highest BCUT2D eigenvalue weighted by Gasteiger charge is 2.22. The van der Waals surface area contributed by atoms with Crippen molar-refractivity contribution >= 4 is 40.3 Å². The molecule has 3 rings (SSSR count). The Morgan fingerprint density at radius 2 is 1.94 bits per heavy atom. The Morgan fingerprint density at radius 3 is 2.65 bits per heavy atom. The average molecular weight is 260 g/mol. The van der Waals surface area contributed by atoms with Gasteiger partial charge < -0.3 is 4.74 Å². The first kappa shape index (κ1) is 10.5. The maximum Gasteiger partial charge on any atom is 0.336 e. The highest BCUT2D eigenvalue weighted by molar-refractivity contribution is 7.11. The Labute approximate surface area is 106 Å². The molecule has 0 amide bonds. The third-order valence-electron chi connectivity index (χ3n) is 2.34. The smallest absolute Gasteiger partial charge is 0.336 e. The molecule has 0 radical (unpaired) electrons. The normalized spacial score (nSPS) is 17.3. The summed E-state index contributed by atoms with van der Waals surface area (Å²) < 4.78 is 5.21. The quantitative estimate of drug-likeness (QED) is 0.768. The summed E-state index contributed by atoms with van der Waals surface area (Å²) in [4.78, 5) is 13.5. The molecule has 0 saturated heterocycles. The molecule has 4 heteroatoms. The molecule has 1 aliphatic heterocycles. The zero-order valence-electron chi connectivity index (χ0n) is 8.75. The topological polar surface area (TPSA) is 26.3 Å². The highest BCUT2D eigenvalue weighted by atomic mass is 32.1. The molecule has 17 heavy (non-hydrogen) atoms. The van der Waals surface area contributed by atoms with Crippen LogP contribution in [0.3, 0.4) is 0 Å². The van der Waals surface area contributed by atoms with E-state index in [2.05, 4.69) is 0 Å². The number of carbonyl (C=O) groups excluding carboxylic acids is 1. The van der Waals surface area contributed by atoms with Crippen LogP contribution in [0.4, 0.5) is 0 Å². The molecule has 0 bridgehead atoms. The van der Waals surface area contributed by atoms with Gasteiger partial charge in [-0.15, -0.1) is 22.7 Å². The molecule has 84 valence electrons. The molecule has 0 N–H and O–H groups in total. The number of ether oxygens (including phenoxy) is 1. The molecule has 2 aromatic heterocycles. The number of rotatable bonds is 2. The van der Waals surface area contributed by atoms with E-state index in [0.717, 1.165) is 15.3 Å². The van der Waals surface area contributed by atoms with E-state index in [0.29, 0.717) is 5.76 Å². The van der Waals surface area contributed by atoms with Crippen molar-refractivity contribution in [2.45, 2.75) is 0 Å². The van der Waals surface area contributed by atoms with Gasteiger partial charge >= 0.3 is 5.97 Å². The molecular weight excluding hydrogens is 252 g/mol. The van der Waals surface area contributed by atoms with Gasteiger partial charge in [-0.2, -0.15) is 0 Å². The molecule has 0 aromatic carbocycles. The fourth-order valence-corrected chi connectivity index (χ4v) is 3.01. The number of hydrogen-bond acceptors (Lipinski definition) is 4. The lowest BCUT2D eigenvalue weighted by molar-refractivity contribution is -0.132. The molecule has 2 nitrogen and oxygen atoms in total. The van der Waals surface area contributed by atoms with E-state index in [9.17, 15) is 4.79 Å². The van der Waals surface area contributed by atoms with Gasteiger partial charge in [0.2, 0.25) is 0 Å². The maximum absolute atomic E-state index is 11.4. The van der Waals surface area contributed by atoms with Gasteiger partial charge in [0, 0.05) is 21.4 Å². The predicted molar refractivity (Wildman–Crippen MR) is 70.7 cm³/mol. The molecule has 0 atom stereocenters. The van der Waals surface area contributed by atoms with Crippen LogP contribution in [-0.2, 0) is 9.53 Å². The second-order valence-corrected chi connectivity index (χ2v) is 5.41. The Kier molecular flexibility index (Phi) is 2.66. The van der Waals surface area contributed by atoms with Crippen LogP contribution in [0, 0.1) is 0 Å². The molecule has 2 aromatic rings. The van der Waals surface area contributed by atoms with Crippen molar-refractivity contribution < 1.29 is 9.53 Å². The first-order valence-corrected chi connectivity index (χ1v) is 6.82. The van der Waals surface area contributed by atoms with Gasteiger partial charge in [-0.05, 0) is 29.0 Å². The predicted octanol–water partition coefficient (Wildman–Crippen LogP) is 3.79. The van der Waals surface area contributed by atoms with Crippen LogP contribution in [0.2, 0.25) is 0 Å². The lowest BCUT2D eigenvalue weighted by atomic mass is 10.2. The second-order valence-electron chi connectivity index (χ2n) is 3.48. The lowest BCUT2D eigenvalue weighted by Gasteiger charge is -2.00. The summed E-state index contributed by atoms with van der Waals surface area (Å²) in [7, 11) is 0. The van der Waals surface area contributed by atoms with Crippen molar-refractivity contribution in [2.24, 2.45) is 0 Å². The Bertz CT molecular complexity index is 589. The van der Waals surface area contributed by atoms with E-state index in [4.69, 9.17) is 4.74 Å². The van der Waals surface area contributed by atoms with Gasteiger partial charge in [-0.25, -0.2) is 4.79 Å². The number of allylic oxidation sites excluding steroid dienone is 1. The van der Waals surface area contributed by atoms with Gasteiger partial charge in [0.05, 0.1) is 0 Å². The monoisotopic (exact) mass is 260 g/mol. The summed E-state index contributed by atoms with van der Waals surface area (Å²) in [6.07, 6.45) is 3.45. The van der Waals surface area contributed by atoms with Crippen LogP contribution >= 0.6 is 22.7 Å². The standard InChI is InChI=1S/C13H8O2S2/c14-13-8-10(12-4-2-6-17-12)11(15-13)7-9-3-1-5-16-9/h1-8H/b11-7+. The fraction of sp³-hybridized carbons (Fsp3) is 0. The summed E-state index contributed by atoms with van der Waals surface area (Å²) >= 11 is 3.22. The zero-order valence-corrected chi connectivity index (χ0v) is 10.4. The Morgan fingerprint density at radius 1 is 1.12 bits per heavy atom. The number of thiophene rings is 2. The molecule has 0 aliphatic carbocycles. The number of esters is 1. The SMILES string of the molecule is O=C1C=C(c2cccs2)/C(=C\c2cccs2)O1. The van der Waals surface area contributed by atoms with E-state index >= 15 is 0 Å². The van der Waals surface area contributed by atoms with Gasteiger partial charge in [0.15, 0.2) is 0 Å². The first-order valence-electron chi connectivity index (χ1n) is 5.06. The molecule has 0 spiro atoms. The molecule has 0 fully saturated rings. The maximum atomic E-state index is 11.4. The number of carbonyl (C=O) groups is 1. The van der Waals surface area contributed by atoms with E-state index in [-0.39, 0.29) is 5.97 Å².